The number of sulfonamides is 1. The molecule has 0 aliphatic heterocycles. The fourth-order valence-electron chi connectivity index (χ4n) is 2.61. The van der Waals surface area contributed by atoms with E-state index in [1.807, 2.05) is 36.4 Å². The van der Waals surface area contributed by atoms with E-state index in [-0.39, 0.29) is 17.1 Å². The molecule has 0 fully saturated rings. The average molecular weight is 406 g/mol. The van der Waals surface area contributed by atoms with E-state index < -0.39 is 16.1 Å². The zero-order valence-electron chi connectivity index (χ0n) is 15.3. The Hall–Kier alpha value is -3.67. The molecule has 0 heterocycles. The first-order chi connectivity index (χ1) is 14.0. The molecule has 0 spiro atoms. The van der Waals surface area contributed by atoms with E-state index in [9.17, 15) is 13.2 Å². The van der Waals surface area contributed by atoms with Gasteiger partial charge in [0, 0.05) is 12.2 Å². The molecule has 0 bridgehead atoms. The molecular weight excluding hydrogens is 388 g/mol. The smallest absolute Gasteiger partial charge is 0.308 e. The van der Waals surface area contributed by atoms with Gasteiger partial charge in [-0.1, -0.05) is 48.5 Å². The van der Waals surface area contributed by atoms with E-state index in [4.69, 9.17) is 5.26 Å². The van der Waals surface area contributed by atoms with E-state index >= 15 is 0 Å². The van der Waals surface area contributed by atoms with Crippen LogP contribution in [0.1, 0.15) is 11.1 Å². The summed E-state index contributed by atoms with van der Waals surface area (Å²) in [5.41, 5.74) is 1.78. The molecule has 3 aromatic carbocycles. The highest BCUT2D eigenvalue weighted by molar-refractivity contribution is 7.89. The predicted molar refractivity (Wildman–Crippen MR) is 111 cm³/mol. The van der Waals surface area contributed by atoms with Gasteiger partial charge < -0.3 is 10.6 Å². The lowest BCUT2D eigenvalue weighted by Gasteiger charge is -2.13. The van der Waals surface area contributed by atoms with Crippen LogP contribution in [0.15, 0.2) is 83.8 Å². The number of nitriles is 1. The summed E-state index contributed by atoms with van der Waals surface area (Å²) in [4.78, 5) is 12.3. The summed E-state index contributed by atoms with van der Waals surface area (Å²) in [5, 5.41) is 14.1. The van der Waals surface area contributed by atoms with Crippen LogP contribution in [0.3, 0.4) is 0 Å². The van der Waals surface area contributed by atoms with Crippen LogP contribution in [0.25, 0.3) is 0 Å². The maximum Gasteiger partial charge on any atom is 0.323 e. The second-order valence-electron chi connectivity index (χ2n) is 6.08. The monoisotopic (exact) mass is 406 g/mol. The molecule has 146 valence electrons. The van der Waals surface area contributed by atoms with Crippen molar-refractivity contribution < 1.29 is 13.2 Å². The minimum absolute atomic E-state index is 0.0446. The highest BCUT2D eigenvalue weighted by Crippen LogP contribution is 2.21. The van der Waals surface area contributed by atoms with Crippen molar-refractivity contribution in [2.75, 3.05) is 10.6 Å². The molecule has 8 heteroatoms. The molecule has 0 aliphatic carbocycles. The highest BCUT2D eigenvalue weighted by atomic mass is 32.2. The van der Waals surface area contributed by atoms with Gasteiger partial charge in [0.05, 0.1) is 17.3 Å². The number of anilines is 2. The molecule has 29 heavy (non-hydrogen) atoms. The van der Waals surface area contributed by atoms with Crippen LogP contribution in [-0.4, -0.2) is 14.4 Å². The lowest BCUT2D eigenvalue weighted by atomic mass is 10.2. The molecule has 3 rings (SSSR count). The maximum absolute atomic E-state index is 12.7. The van der Waals surface area contributed by atoms with Gasteiger partial charge in [0.25, 0.3) is 0 Å². The number of nitrogens with zero attached hydrogens (tertiary/aromatic N) is 1. The van der Waals surface area contributed by atoms with Crippen molar-refractivity contribution >= 4 is 27.4 Å². The van der Waals surface area contributed by atoms with Gasteiger partial charge in [-0.3, -0.25) is 0 Å². The number of nitrogens with one attached hydrogen (secondary N) is 3. The zero-order valence-corrected chi connectivity index (χ0v) is 16.1. The standard InChI is InChI=1S/C21H18N4O3S/c22-14-17-9-6-10-18(13-17)24-21(26)25-19-11-4-5-12-20(19)29(27,28)23-15-16-7-2-1-3-8-16/h1-13,23H,15H2,(H2,24,25,26). The normalized spacial score (nSPS) is 10.7. The van der Waals surface area contributed by atoms with Gasteiger partial charge in [-0.05, 0) is 35.9 Å². The Kier molecular flexibility index (Phi) is 6.24. The van der Waals surface area contributed by atoms with Gasteiger partial charge in [-0.15, -0.1) is 0 Å². The van der Waals surface area contributed by atoms with Crippen molar-refractivity contribution in [2.45, 2.75) is 11.4 Å². The largest absolute Gasteiger partial charge is 0.323 e. The number of hydrogen-bond acceptors (Lipinski definition) is 4. The van der Waals surface area contributed by atoms with Crippen LogP contribution in [0.2, 0.25) is 0 Å². The second kappa shape index (κ2) is 9.01. The zero-order chi connectivity index (χ0) is 20.7. The van der Waals surface area contributed by atoms with Gasteiger partial charge >= 0.3 is 6.03 Å². The predicted octanol–water partition coefficient (Wildman–Crippen LogP) is 3.68. The molecular formula is C21H18N4O3S. The first-order valence-electron chi connectivity index (χ1n) is 8.69. The second-order valence-corrected chi connectivity index (χ2v) is 7.81. The number of amides is 2. The molecule has 3 aromatic rings. The Morgan fingerprint density at radius 3 is 2.38 bits per heavy atom. The number of benzene rings is 3. The van der Waals surface area contributed by atoms with Crippen molar-refractivity contribution in [1.29, 1.82) is 5.26 Å². The average Bonchev–Trinajstić information content (AvgIpc) is 2.73. The van der Waals surface area contributed by atoms with Gasteiger partial charge in [0.15, 0.2) is 0 Å². The topological polar surface area (TPSA) is 111 Å². The Morgan fingerprint density at radius 1 is 0.897 bits per heavy atom. The Balaban J connectivity index is 1.74. The SMILES string of the molecule is N#Cc1cccc(NC(=O)Nc2ccccc2S(=O)(=O)NCc2ccccc2)c1. The molecule has 0 radical (unpaired) electrons. The minimum atomic E-state index is -3.85. The molecule has 0 atom stereocenters. The number of urea groups is 1. The number of hydrogen-bond donors (Lipinski definition) is 3. The van der Waals surface area contributed by atoms with Crippen molar-refractivity contribution in [1.82, 2.24) is 4.72 Å². The third kappa shape index (κ3) is 5.42. The van der Waals surface area contributed by atoms with Crippen LogP contribution in [0.5, 0.6) is 0 Å². The van der Waals surface area contributed by atoms with Crippen molar-refractivity contribution in [3.05, 3.63) is 90.0 Å². The van der Waals surface area contributed by atoms with Crippen molar-refractivity contribution in [3.63, 3.8) is 0 Å². The summed E-state index contributed by atoms with van der Waals surface area (Å²) in [6.45, 7) is 0.130. The minimum Gasteiger partial charge on any atom is -0.308 e. The molecule has 0 saturated carbocycles. The quantitative estimate of drug-likeness (QED) is 0.580. The Labute approximate surface area is 169 Å². The molecule has 0 aromatic heterocycles. The molecule has 7 nitrogen and oxygen atoms in total. The van der Waals surface area contributed by atoms with Gasteiger partial charge in [-0.2, -0.15) is 5.26 Å². The van der Waals surface area contributed by atoms with Gasteiger partial charge in [0.1, 0.15) is 4.90 Å². The van der Waals surface area contributed by atoms with E-state index in [0.717, 1.165) is 5.56 Å². The molecule has 0 unspecified atom stereocenters. The molecule has 0 saturated heterocycles. The fraction of sp³-hybridized carbons (Fsp3) is 0.0476. The van der Waals surface area contributed by atoms with Gasteiger partial charge in [-0.25, -0.2) is 17.9 Å². The Morgan fingerprint density at radius 2 is 1.62 bits per heavy atom. The lowest BCUT2D eigenvalue weighted by molar-refractivity contribution is 0.262. The maximum atomic E-state index is 12.7. The van der Waals surface area contributed by atoms with E-state index in [2.05, 4.69) is 15.4 Å². The van der Waals surface area contributed by atoms with Crippen molar-refractivity contribution in [2.24, 2.45) is 0 Å². The lowest BCUT2D eigenvalue weighted by Crippen LogP contribution is -2.26. The van der Waals surface area contributed by atoms with E-state index in [0.29, 0.717) is 11.3 Å². The number of rotatable bonds is 6. The first-order valence-corrected chi connectivity index (χ1v) is 10.2. The Bertz CT molecular complexity index is 1160. The molecule has 3 N–H and O–H groups in total. The highest BCUT2D eigenvalue weighted by Gasteiger charge is 2.19. The summed E-state index contributed by atoms with van der Waals surface area (Å²) in [7, 11) is -3.85. The first kappa shape index (κ1) is 20.1. The van der Waals surface area contributed by atoms with Crippen LogP contribution in [0, 0.1) is 11.3 Å². The number of carbonyl (C=O) groups is 1. The van der Waals surface area contributed by atoms with Crippen LogP contribution in [0.4, 0.5) is 16.2 Å². The van der Waals surface area contributed by atoms with Crippen LogP contribution >= 0.6 is 0 Å². The summed E-state index contributed by atoms with van der Waals surface area (Å²) in [6.07, 6.45) is 0. The molecule has 0 aliphatic rings. The number of para-hydroxylation sites is 1. The van der Waals surface area contributed by atoms with E-state index in [1.165, 1.54) is 18.2 Å². The number of carbonyl (C=O) groups excluding carboxylic acids is 1. The van der Waals surface area contributed by atoms with Gasteiger partial charge in [0.2, 0.25) is 10.0 Å². The third-order valence-corrected chi connectivity index (χ3v) is 5.44. The van der Waals surface area contributed by atoms with Crippen LogP contribution < -0.4 is 15.4 Å². The third-order valence-electron chi connectivity index (χ3n) is 3.98. The van der Waals surface area contributed by atoms with Crippen LogP contribution in [-0.2, 0) is 16.6 Å². The summed E-state index contributed by atoms with van der Waals surface area (Å²) >= 11 is 0. The summed E-state index contributed by atoms with van der Waals surface area (Å²) in [5.74, 6) is 0. The summed E-state index contributed by atoms with van der Waals surface area (Å²) < 4.78 is 28.0. The fourth-order valence-corrected chi connectivity index (χ4v) is 3.79. The van der Waals surface area contributed by atoms with E-state index in [1.54, 1.807) is 30.3 Å². The van der Waals surface area contributed by atoms with Crippen molar-refractivity contribution in [3.8, 4) is 6.07 Å². The molecule has 2 amide bonds. The summed E-state index contributed by atoms with van der Waals surface area (Å²) in [6, 6.07) is 23.0.